The van der Waals surface area contributed by atoms with Gasteiger partial charge in [-0.15, -0.1) is 0 Å². The van der Waals surface area contributed by atoms with Crippen LogP contribution in [0.2, 0.25) is 0 Å². The van der Waals surface area contributed by atoms with E-state index in [0.29, 0.717) is 36.4 Å². The molecule has 3 aromatic rings. The first kappa shape index (κ1) is 30.5. The topological polar surface area (TPSA) is 90.0 Å². The number of fused-ring (bicyclic) bond motifs is 3. The SMILES string of the molecule is Cc1c(C(=O)NC2CC3CC[C@@H](C2)N3c2ccc(C(=O)NCCc3ccc(N4CCN(C)CC4)cc3)cn2)ccc2c1OCCC2. The summed E-state index contributed by atoms with van der Waals surface area (Å²) in [6, 6.07) is 17.4. The largest absolute Gasteiger partial charge is 0.493 e. The molecule has 2 amide bonds. The fourth-order valence-electron chi connectivity index (χ4n) is 7.79. The zero-order valence-electron chi connectivity index (χ0n) is 27.1. The number of rotatable bonds is 8. The van der Waals surface area contributed by atoms with Crippen molar-refractivity contribution in [2.24, 2.45) is 0 Å². The maximum absolute atomic E-state index is 13.3. The third-order valence-corrected chi connectivity index (χ3v) is 10.4. The molecule has 242 valence electrons. The monoisotopic (exact) mass is 622 g/mol. The number of carbonyl (C=O) groups is 2. The van der Waals surface area contributed by atoms with Crippen LogP contribution in [-0.4, -0.2) is 86.2 Å². The Bertz CT molecular complexity index is 1540. The zero-order valence-corrected chi connectivity index (χ0v) is 27.1. The average Bonchev–Trinajstić information content (AvgIpc) is 3.35. The molecule has 5 heterocycles. The molecule has 46 heavy (non-hydrogen) atoms. The second kappa shape index (κ2) is 13.3. The number of hydrogen-bond acceptors (Lipinski definition) is 7. The third-order valence-electron chi connectivity index (χ3n) is 10.4. The minimum Gasteiger partial charge on any atom is -0.493 e. The van der Waals surface area contributed by atoms with Crippen molar-refractivity contribution in [2.45, 2.75) is 70.0 Å². The van der Waals surface area contributed by atoms with Gasteiger partial charge >= 0.3 is 0 Å². The highest BCUT2D eigenvalue weighted by atomic mass is 16.5. The van der Waals surface area contributed by atoms with Crippen LogP contribution in [0, 0.1) is 6.92 Å². The molecule has 0 aliphatic carbocycles. The summed E-state index contributed by atoms with van der Waals surface area (Å²) < 4.78 is 5.91. The van der Waals surface area contributed by atoms with Crippen molar-refractivity contribution in [3.8, 4) is 5.75 Å². The van der Waals surface area contributed by atoms with Crippen LogP contribution in [0.4, 0.5) is 11.5 Å². The standard InChI is InChI=1S/C37H46N6O3/c1-25-33(13-7-27-4-3-21-46-35(25)27)37(45)40-29-22-31-11-12-32(23-29)43(31)34-14-8-28(24-39-34)36(44)38-16-15-26-5-9-30(10-6-26)42-19-17-41(2)18-20-42/h5-10,13-14,24,29,31-32H,3-4,11-12,15-23H2,1-2H3,(H,38,44)(H,40,45)/t29?,31-,32?/m0/s1. The molecule has 3 atom stereocenters. The lowest BCUT2D eigenvalue weighted by Crippen LogP contribution is -2.50. The maximum Gasteiger partial charge on any atom is 0.252 e. The van der Waals surface area contributed by atoms with Crippen LogP contribution in [0.15, 0.2) is 54.7 Å². The lowest BCUT2D eigenvalue weighted by Gasteiger charge is -2.40. The van der Waals surface area contributed by atoms with Crippen molar-refractivity contribution in [3.63, 3.8) is 0 Å². The third kappa shape index (κ3) is 6.43. The molecule has 1 aromatic heterocycles. The molecule has 3 saturated heterocycles. The Morgan fingerprint density at radius 3 is 2.41 bits per heavy atom. The first-order valence-corrected chi connectivity index (χ1v) is 17.0. The molecule has 4 aliphatic heterocycles. The molecule has 2 N–H and O–H groups in total. The molecule has 2 unspecified atom stereocenters. The van der Waals surface area contributed by atoms with Crippen molar-refractivity contribution in [3.05, 3.63) is 82.5 Å². The van der Waals surface area contributed by atoms with Gasteiger partial charge in [-0.05, 0) is 100 Å². The van der Waals surface area contributed by atoms with E-state index < -0.39 is 0 Å². The van der Waals surface area contributed by atoms with Crippen molar-refractivity contribution in [2.75, 3.05) is 56.2 Å². The Kier molecular flexibility index (Phi) is 8.84. The number of carbonyl (C=O) groups excluding carboxylic acids is 2. The molecule has 7 rings (SSSR count). The summed E-state index contributed by atoms with van der Waals surface area (Å²) in [5.74, 6) is 1.70. The van der Waals surface area contributed by atoms with Crippen LogP contribution in [0.3, 0.4) is 0 Å². The fraction of sp³-hybridized carbons (Fsp3) is 0.486. The van der Waals surface area contributed by atoms with Gasteiger partial charge in [0.05, 0.1) is 12.2 Å². The minimum atomic E-state index is -0.0969. The van der Waals surface area contributed by atoms with Crippen LogP contribution >= 0.6 is 0 Å². The molecule has 4 aliphatic rings. The molecule has 2 aromatic carbocycles. The number of nitrogens with zero attached hydrogens (tertiary/aromatic N) is 4. The fourth-order valence-corrected chi connectivity index (χ4v) is 7.79. The number of aryl methyl sites for hydroxylation is 1. The summed E-state index contributed by atoms with van der Waals surface area (Å²) >= 11 is 0. The van der Waals surface area contributed by atoms with Gasteiger partial charge in [-0.1, -0.05) is 18.2 Å². The van der Waals surface area contributed by atoms with Gasteiger partial charge in [0.2, 0.25) is 0 Å². The van der Waals surface area contributed by atoms with E-state index in [9.17, 15) is 9.59 Å². The normalized spacial score (nSPS) is 22.6. The lowest BCUT2D eigenvalue weighted by atomic mass is 9.95. The van der Waals surface area contributed by atoms with Gasteiger partial charge in [0.25, 0.3) is 11.8 Å². The number of amides is 2. The van der Waals surface area contributed by atoms with Gasteiger partial charge in [-0.25, -0.2) is 4.98 Å². The van der Waals surface area contributed by atoms with Gasteiger partial charge in [0.1, 0.15) is 11.6 Å². The van der Waals surface area contributed by atoms with Crippen LogP contribution in [0.5, 0.6) is 5.75 Å². The molecular weight excluding hydrogens is 576 g/mol. The second-order valence-corrected chi connectivity index (χ2v) is 13.5. The van der Waals surface area contributed by atoms with E-state index in [0.717, 1.165) is 88.3 Å². The smallest absolute Gasteiger partial charge is 0.252 e. The number of piperidine rings is 1. The number of piperazine rings is 1. The van der Waals surface area contributed by atoms with Gasteiger partial charge in [0, 0.05) is 73.9 Å². The van der Waals surface area contributed by atoms with E-state index in [-0.39, 0.29) is 17.9 Å². The molecule has 3 fully saturated rings. The second-order valence-electron chi connectivity index (χ2n) is 13.5. The van der Waals surface area contributed by atoms with Crippen molar-refractivity contribution in [1.29, 1.82) is 0 Å². The van der Waals surface area contributed by atoms with Gasteiger partial charge < -0.3 is 30.1 Å². The van der Waals surface area contributed by atoms with E-state index in [1.54, 1.807) is 6.20 Å². The van der Waals surface area contributed by atoms with E-state index in [2.05, 4.69) is 56.6 Å². The van der Waals surface area contributed by atoms with Gasteiger partial charge in [-0.3, -0.25) is 9.59 Å². The summed E-state index contributed by atoms with van der Waals surface area (Å²) in [5, 5.41) is 6.39. The predicted molar refractivity (Wildman–Crippen MR) is 181 cm³/mol. The zero-order chi connectivity index (χ0) is 31.6. The summed E-state index contributed by atoms with van der Waals surface area (Å²) in [5.41, 5.74) is 5.92. The predicted octanol–water partition coefficient (Wildman–Crippen LogP) is 4.37. The Balaban J connectivity index is 0.896. The van der Waals surface area contributed by atoms with Crippen molar-refractivity contribution < 1.29 is 14.3 Å². The summed E-state index contributed by atoms with van der Waals surface area (Å²) in [7, 11) is 2.17. The Labute approximate surface area is 272 Å². The molecule has 9 nitrogen and oxygen atoms in total. The summed E-state index contributed by atoms with van der Waals surface area (Å²) in [6.45, 7) is 7.59. The number of benzene rings is 2. The number of nitrogens with one attached hydrogen (secondary N) is 2. The Morgan fingerprint density at radius 2 is 1.70 bits per heavy atom. The van der Waals surface area contributed by atoms with Crippen LogP contribution in [0.25, 0.3) is 0 Å². The first-order valence-electron chi connectivity index (χ1n) is 17.0. The summed E-state index contributed by atoms with van der Waals surface area (Å²) in [6.07, 6.45) is 8.47. The highest BCUT2D eigenvalue weighted by Crippen LogP contribution is 2.39. The van der Waals surface area contributed by atoms with Crippen molar-refractivity contribution >= 4 is 23.3 Å². The number of ether oxygens (including phenoxy) is 1. The van der Waals surface area contributed by atoms with E-state index >= 15 is 0 Å². The molecule has 0 radical (unpaired) electrons. The first-order chi connectivity index (χ1) is 22.4. The quantitative estimate of drug-likeness (QED) is 0.386. The molecule has 2 bridgehead atoms. The van der Waals surface area contributed by atoms with Crippen LogP contribution in [0.1, 0.15) is 69.5 Å². The molecule has 9 heteroatoms. The van der Waals surface area contributed by atoms with Gasteiger partial charge in [0.15, 0.2) is 0 Å². The van der Waals surface area contributed by atoms with Crippen LogP contribution in [-0.2, 0) is 12.8 Å². The van der Waals surface area contributed by atoms with Gasteiger partial charge in [-0.2, -0.15) is 0 Å². The Morgan fingerprint density at radius 1 is 0.935 bits per heavy atom. The van der Waals surface area contributed by atoms with Crippen molar-refractivity contribution in [1.82, 2.24) is 20.5 Å². The molecule has 0 saturated carbocycles. The number of aromatic nitrogens is 1. The molecule has 0 spiro atoms. The number of hydrogen-bond donors (Lipinski definition) is 2. The summed E-state index contributed by atoms with van der Waals surface area (Å²) in [4.78, 5) is 38.1. The average molecular weight is 623 g/mol. The minimum absolute atomic E-state index is 0.0107. The highest BCUT2D eigenvalue weighted by molar-refractivity contribution is 5.96. The number of likely N-dealkylation sites (N-methyl/N-ethyl adjacent to an activating group) is 1. The van der Waals surface area contributed by atoms with E-state index in [1.165, 1.54) is 16.8 Å². The van der Waals surface area contributed by atoms with E-state index in [1.807, 2.05) is 31.2 Å². The number of pyridine rings is 1. The Hall–Kier alpha value is -4.11. The maximum atomic E-state index is 13.3. The van der Waals surface area contributed by atoms with Crippen LogP contribution < -0.4 is 25.2 Å². The number of anilines is 2. The molecular formula is C37H46N6O3. The van der Waals surface area contributed by atoms with E-state index in [4.69, 9.17) is 9.72 Å². The lowest BCUT2D eigenvalue weighted by molar-refractivity contribution is 0.0923. The highest BCUT2D eigenvalue weighted by Gasteiger charge is 2.42.